The maximum Gasteiger partial charge on any atom is 0.257 e. The zero-order valence-corrected chi connectivity index (χ0v) is 17.3. The fraction of sp³-hybridized carbons (Fsp3) is 0.526. The SMILES string of the molecule is Cc1cc(C(=O)N2CCN(C(C)C(=O)Nc3nc(C)c(C)s3)CC2)c(C)o1. The van der Waals surface area contributed by atoms with E-state index in [1.807, 2.05) is 39.5 Å². The van der Waals surface area contributed by atoms with Gasteiger partial charge in [0.2, 0.25) is 5.91 Å². The van der Waals surface area contributed by atoms with Crippen LogP contribution in [0.3, 0.4) is 0 Å². The lowest BCUT2D eigenvalue weighted by Crippen LogP contribution is -2.54. The van der Waals surface area contributed by atoms with Crippen LogP contribution >= 0.6 is 11.3 Å². The lowest BCUT2D eigenvalue weighted by atomic mass is 10.1. The molecule has 0 aromatic carbocycles. The summed E-state index contributed by atoms with van der Waals surface area (Å²) in [5, 5.41) is 3.54. The molecule has 1 aliphatic rings. The Hall–Kier alpha value is -2.19. The van der Waals surface area contributed by atoms with Crippen molar-refractivity contribution in [3.05, 3.63) is 33.7 Å². The van der Waals surface area contributed by atoms with Gasteiger partial charge in [-0.2, -0.15) is 0 Å². The first kappa shape index (κ1) is 19.6. The van der Waals surface area contributed by atoms with Crippen LogP contribution in [0.2, 0.25) is 0 Å². The molecule has 1 unspecified atom stereocenters. The number of hydrogen-bond donors (Lipinski definition) is 1. The largest absolute Gasteiger partial charge is 0.466 e. The first-order valence-electron chi connectivity index (χ1n) is 9.11. The van der Waals surface area contributed by atoms with Crippen molar-refractivity contribution in [2.45, 2.75) is 40.7 Å². The number of piperazine rings is 1. The van der Waals surface area contributed by atoms with Gasteiger partial charge < -0.3 is 14.6 Å². The molecule has 0 spiro atoms. The molecular weight excluding hydrogens is 364 g/mol. The van der Waals surface area contributed by atoms with Crippen molar-refractivity contribution in [2.75, 3.05) is 31.5 Å². The Balaban J connectivity index is 1.55. The Morgan fingerprint density at radius 1 is 1.19 bits per heavy atom. The number of aryl methyl sites for hydroxylation is 4. The van der Waals surface area contributed by atoms with E-state index >= 15 is 0 Å². The van der Waals surface area contributed by atoms with Crippen molar-refractivity contribution in [3.8, 4) is 0 Å². The van der Waals surface area contributed by atoms with Crippen molar-refractivity contribution in [1.29, 1.82) is 0 Å². The maximum atomic E-state index is 12.7. The van der Waals surface area contributed by atoms with E-state index in [0.29, 0.717) is 42.6 Å². The minimum atomic E-state index is -0.273. The standard InChI is InChI=1S/C19H26N4O3S/c1-11-10-16(14(4)26-11)18(25)23-8-6-22(7-9-23)13(3)17(24)21-19-20-12(2)15(5)27-19/h10,13H,6-9H2,1-5H3,(H,20,21,24). The number of amides is 2. The molecule has 1 atom stereocenters. The van der Waals surface area contributed by atoms with Gasteiger partial charge in [-0.1, -0.05) is 0 Å². The fourth-order valence-electron chi connectivity index (χ4n) is 3.23. The molecule has 8 heteroatoms. The summed E-state index contributed by atoms with van der Waals surface area (Å²) in [6.07, 6.45) is 0. The van der Waals surface area contributed by atoms with Gasteiger partial charge in [-0.3, -0.25) is 14.5 Å². The average Bonchev–Trinajstić information content (AvgIpc) is 3.14. The number of nitrogens with zero attached hydrogens (tertiary/aromatic N) is 3. The fourth-order valence-corrected chi connectivity index (χ4v) is 4.05. The Labute approximate surface area is 163 Å². The molecule has 0 radical (unpaired) electrons. The van der Waals surface area contributed by atoms with E-state index in [-0.39, 0.29) is 17.9 Å². The molecule has 0 bridgehead atoms. The van der Waals surface area contributed by atoms with Gasteiger partial charge in [-0.25, -0.2) is 4.98 Å². The average molecular weight is 391 g/mol. The Morgan fingerprint density at radius 3 is 2.37 bits per heavy atom. The maximum absolute atomic E-state index is 12.7. The summed E-state index contributed by atoms with van der Waals surface area (Å²) < 4.78 is 5.47. The highest BCUT2D eigenvalue weighted by Gasteiger charge is 2.29. The molecule has 2 aromatic heterocycles. The molecule has 0 aliphatic carbocycles. The number of thiazole rings is 1. The molecule has 1 fully saturated rings. The number of carbonyl (C=O) groups excluding carboxylic acids is 2. The van der Waals surface area contributed by atoms with E-state index in [9.17, 15) is 9.59 Å². The van der Waals surface area contributed by atoms with Gasteiger partial charge in [-0.15, -0.1) is 11.3 Å². The highest BCUT2D eigenvalue weighted by molar-refractivity contribution is 7.15. The Morgan fingerprint density at radius 2 is 1.85 bits per heavy atom. The summed E-state index contributed by atoms with van der Waals surface area (Å²) in [6, 6.07) is 1.52. The van der Waals surface area contributed by atoms with Crippen LogP contribution in [0.15, 0.2) is 10.5 Å². The molecule has 1 aliphatic heterocycles. The first-order valence-corrected chi connectivity index (χ1v) is 9.93. The summed E-state index contributed by atoms with van der Waals surface area (Å²) in [5.74, 6) is 1.33. The van der Waals surface area contributed by atoms with Gasteiger partial charge in [0.15, 0.2) is 5.13 Å². The van der Waals surface area contributed by atoms with Gasteiger partial charge >= 0.3 is 0 Å². The van der Waals surface area contributed by atoms with Crippen LogP contribution in [0.5, 0.6) is 0 Å². The van der Waals surface area contributed by atoms with Crippen molar-refractivity contribution >= 4 is 28.3 Å². The molecule has 1 saturated heterocycles. The first-order chi connectivity index (χ1) is 12.8. The topological polar surface area (TPSA) is 78.7 Å². The highest BCUT2D eigenvalue weighted by Crippen LogP contribution is 2.22. The predicted octanol–water partition coefficient (Wildman–Crippen LogP) is 2.75. The Bertz CT molecular complexity index is 830. The van der Waals surface area contributed by atoms with E-state index in [1.165, 1.54) is 11.3 Å². The second kappa shape index (κ2) is 7.82. The van der Waals surface area contributed by atoms with Crippen LogP contribution in [0.4, 0.5) is 5.13 Å². The van der Waals surface area contributed by atoms with Crippen LogP contribution in [0.25, 0.3) is 0 Å². The second-order valence-electron chi connectivity index (χ2n) is 6.98. The number of aromatic nitrogens is 1. The number of hydrogen-bond acceptors (Lipinski definition) is 6. The third-order valence-corrected chi connectivity index (χ3v) is 6.05. The molecule has 146 valence electrons. The van der Waals surface area contributed by atoms with Gasteiger partial charge in [0.05, 0.1) is 17.3 Å². The highest BCUT2D eigenvalue weighted by atomic mass is 32.1. The molecule has 3 rings (SSSR count). The molecule has 2 aromatic rings. The number of anilines is 1. The quantitative estimate of drug-likeness (QED) is 0.868. The lowest BCUT2D eigenvalue weighted by molar-refractivity contribution is -0.121. The molecule has 3 heterocycles. The molecule has 2 amide bonds. The predicted molar refractivity (Wildman–Crippen MR) is 105 cm³/mol. The summed E-state index contributed by atoms with van der Waals surface area (Å²) in [5.41, 5.74) is 1.57. The van der Waals surface area contributed by atoms with Crippen molar-refractivity contribution < 1.29 is 14.0 Å². The molecule has 0 saturated carbocycles. The summed E-state index contributed by atoms with van der Waals surface area (Å²) in [7, 11) is 0. The van der Waals surface area contributed by atoms with E-state index in [4.69, 9.17) is 4.42 Å². The van der Waals surface area contributed by atoms with Crippen molar-refractivity contribution in [3.63, 3.8) is 0 Å². The molecule has 1 N–H and O–H groups in total. The van der Waals surface area contributed by atoms with Crippen molar-refractivity contribution in [2.24, 2.45) is 0 Å². The van der Waals surface area contributed by atoms with Gasteiger partial charge in [0, 0.05) is 31.1 Å². The normalized spacial score (nSPS) is 16.4. The van der Waals surface area contributed by atoms with E-state index in [1.54, 1.807) is 6.07 Å². The lowest BCUT2D eigenvalue weighted by Gasteiger charge is -2.37. The van der Waals surface area contributed by atoms with Crippen LogP contribution < -0.4 is 5.32 Å². The van der Waals surface area contributed by atoms with Gasteiger partial charge in [0.25, 0.3) is 5.91 Å². The van der Waals surface area contributed by atoms with Crippen LogP contribution in [0.1, 0.15) is 39.4 Å². The number of rotatable bonds is 4. The van der Waals surface area contributed by atoms with Crippen LogP contribution in [-0.2, 0) is 4.79 Å². The Kier molecular flexibility index (Phi) is 5.67. The zero-order valence-electron chi connectivity index (χ0n) is 16.5. The minimum absolute atomic E-state index is 0.00478. The monoisotopic (exact) mass is 390 g/mol. The van der Waals surface area contributed by atoms with E-state index < -0.39 is 0 Å². The number of carbonyl (C=O) groups is 2. The number of furan rings is 1. The molecule has 27 heavy (non-hydrogen) atoms. The van der Waals surface area contributed by atoms with Gasteiger partial charge in [-0.05, 0) is 40.7 Å². The van der Waals surface area contributed by atoms with Crippen molar-refractivity contribution in [1.82, 2.24) is 14.8 Å². The smallest absolute Gasteiger partial charge is 0.257 e. The molecular formula is C19H26N4O3S. The van der Waals surface area contributed by atoms with Crippen LogP contribution in [-0.4, -0.2) is 58.8 Å². The third-order valence-electron chi connectivity index (χ3n) is 5.06. The number of nitrogens with one attached hydrogen (secondary N) is 1. The summed E-state index contributed by atoms with van der Waals surface area (Å²) in [4.78, 5) is 34.6. The zero-order chi connectivity index (χ0) is 19.7. The van der Waals surface area contributed by atoms with E-state index in [2.05, 4.69) is 15.2 Å². The van der Waals surface area contributed by atoms with Gasteiger partial charge in [0.1, 0.15) is 11.5 Å². The second-order valence-corrected chi connectivity index (χ2v) is 8.18. The third kappa shape index (κ3) is 4.22. The summed E-state index contributed by atoms with van der Waals surface area (Å²) >= 11 is 1.49. The molecule has 7 nitrogen and oxygen atoms in total. The van der Waals surface area contributed by atoms with Crippen LogP contribution in [0, 0.1) is 27.7 Å². The van der Waals surface area contributed by atoms with E-state index in [0.717, 1.165) is 16.3 Å². The minimum Gasteiger partial charge on any atom is -0.466 e. The summed E-state index contributed by atoms with van der Waals surface area (Å²) in [6.45, 7) is 12.0.